The highest BCUT2D eigenvalue weighted by molar-refractivity contribution is 5.71. The van der Waals surface area contributed by atoms with Gasteiger partial charge in [0.25, 0.3) is 0 Å². The highest BCUT2D eigenvalue weighted by Gasteiger charge is 2.25. The summed E-state index contributed by atoms with van der Waals surface area (Å²) in [4.78, 5) is 0. The maximum absolute atomic E-state index is 15.0. The van der Waals surface area contributed by atoms with Gasteiger partial charge in [0, 0.05) is 11.5 Å². The van der Waals surface area contributed by atoms with Crippen LogP contribution in [0.25, 0.3) is 22.3 Å². The minimum Gasteiger partial charge on any atom is -0.352 e. The Kier molecular flexibility index (Phi) is 11.7. The fourth-order valence-corrected chi connectivity index (χ4v) is 5.46. The number of benzene rings is 3. The van der Waals surface area contributed by atoms with E-state index in [0.717, 1.165) is 43.2 Å². The van der Waals surface area contributed by atoms with E-state index in [0.29, 0.717) is 36.3 Å². The Morgan fingerprint density at radius 3 is 1.93 bits per heavy atom. The molecule has 0 aliphatic carbocycles. The summed E-state index contributed by atoms with van der Waals surface area (Å²) < 4.78 is 56.4. The molecule has 0 atom stereocenters. The molecule has 216 valence electrons. The number of hydrogen-bond donors (Lipinski definition) is 0. The van der Waals surface area contributed by atoms with Gasteiger partial charge in [-0.15, -0.1) is 0 Å². The Morgan fingerprint density at radius 2 is 1.27 bits per heavy atom. The number of aryl methyl sites for hydroxylation is 1. The molecule has 1 fully saturated rings. The van der Waals surface area contributed by atoms with Gasteiger partial charge in [0.2, 0.25) is 0 Å². The Labute approximate surface area is 237 Å². The molecule has 3 aromatic carbocycles. The molecule has 1 heterocycles. The molecule has 0 radical (unpaired) electrons. The molecule has 0 unspecified atom stereocenters. The summed E-state index contributed by atoms with van der Waals surface area (Å²) in [6.07, 6.45) is 11.5. The van der Waals surface area contributed by atoms with Crippen LogP contribution in [0.4, 0.5) is 13.2 Å². The molecule has 0 spiro atoms. The fourth-order valence-electron chi connectivity index (χ4n) is 5.46. The lowest BCUT2D eigenvalue weighted by molar-refractivity contribution is -0.190. The quantitative estimate of drug-likeness (QED) is 0.185. The van der Waals surface area contributed by atoms with Gasteiger partial charge in [-0.1, -0.05) is 114 Å². The normalized spacial score (nSPS) is 17.3. The zero-order chi connectivity index (χ0) is 28.3. The van der Waals surface area contributed by atoms with Crippen LogP contribution in [0.3, 0.4) is 0 Å². The minimum absolute atomic E-state index is 0.138. The van der Waals surface area contributed by atoms with Crippen molar-refractivity contribution >= 4 is 0 Å². The molecule has 5 heteroatoms. The molecule has 1 aliphatic rings. The first-order valence-corrected chi connectivity index (χ1v) is 15.1. The van der Waals surface area contributed by atoms with Crippen molar-refractivity contribution in [1.29, 1.82) is 0 Å². The number of rotatable bonds is 14. The van der Waals surface area contributed by atoms with Gasteiger partial charge >= 0.3 is 0 Å². The number of hydrogen-bond acceptors (Lipinski definition) is 2. The zero-order valence-electron chi connectivity index (χ0n) is 24.0. The van der Waals surface area contributed by atoms with Crippen LogP contribution in [0.5, 0.6) is 0 Å². The largest absolute Gasteiger partial charge is 0.352 e. The zero-order valence-corrected chi connectivity index (χ0v) is 24.0. The van der Waals surface area contributed by atoms with Crippen LogP contribution in [0.2, 0.25) is 0 Å². The molecule has 0 saturated carbocycles. The number of unbranched alkanes of at least 4 members (excludes halogenated alkanes) is 7. The molecular formula is C35H43F3O2. The Morgan fingerprint density at radius 1 is 0.650 bits per heavy atom. The van der Waals surface area contributed by atoms with E-state index in [1.807, 2.05) is 18.2 Å². The van der Waals surface area contributed by atoms with E-state index in [1.54, 1.807) is 30.3 Å². The third-order valence-electron chi connectivity index (χ3n) is 7.92. The van der Waals surface area contributed by atoms with Crippen molar-refractivity contribution in [2.24, 2.45) is 0 Å². The molecule has 1 aliphatic heterocycles. The molecule has 0 bridgehead atoms. The molecule has 1 saturated heterocycles. The van der Waals surface area contributed by atoms with E-state index >= 15 is 8.78 Å². The topological polar surface area (TPSA) is 18.5 Å². The molecule has 0 aromatic heterocycles. The molecule has 4 rings (SSSR count). The van der Waals surface area contributed by atoms with Gasteiger partial charge in [0.1, 0.15) is 5.82 Å². The monoisotopic (exact) mass is 552 g/mol. The van der Waals surface area contributed by atoms with E-state index in [1.165, 1.54) is 38.2 Å². The van der Waals surface area contributed by atoms with E-state index < -0.39 is 11.6 Å². The lowest BCUT2D eigenvalue weighted by atomic mass is 9.94. The SMILES string of the molecule is CCCCCCCCCCc1ccc(-c2ccc(-c3ccc(C4COC(CCC)OC4)c(F)c3)cc2)c(F)c1F. The average Bonchev–Trinajstić information content (AvgIpc) is 2.97. The molecular weight excluding hydrogens is 509 g/mol. The van der Waals surface area contributed by atoms with Gasteiger partial charge in [-0.3, -0.25) is 0 Å². The number of ether oxygens (including phenoxy) is 2. The summed E-state index contributed by atoms with van der Waals surface area (Å²) in [5.41, 5.74) is 3.38. The maximum Gasteiger partial charge on any atom is 0.166 e. The molecule has 0 N–H and O–H groups in total. The first-order valence-electron chi connectivity index (χ1n) is 15.1. The van der Waals surface area contributed by atoms with E-state index in [9.17, 15) is 4.39 Å². The molecule has 3 aromatic rings. The van der Waals surface area contributed by atoms with E-state index in [2.05, 4.69) is 13.8 Å². The summed E-state index contributed by atoms with van der Waals surface area (Å²) in [6.45, 7) is 5.17. The average molecular weight is 553 g/mol. The van der Waals surface area contributed by atoms with Gasteiger partial charge < -0.3 is 9.47 Å². The predicted molar refractivity (Wildman–Crippen MR) is 157 cm³/mol. The van der Waals surface area contributed by atoms with Crippen LogP contribution in [0, 0.1) is 17.5 Å². The third kappa shape index (κ3) is 7.98. The summed E-state index contributed by atoms with van der Waals surface area (Å²) in [6, 6.07) is 15.7. The first kappa shape index (κ1) is 30.3. The van der Waals surface area contributed by atoms with Crippen molar-refractivity contribution in [2.45, 2.75) is 96.7 Å². The summed E-state index contributed by atoms with van der Waals surface area (Å²) >= 11 is 0. The second-order valence-electron chi connectivity index (χ2n) is 11.0. The van der Waals surface area contributed by atoms with Crippen LogP contribution in [-0.2, 0) is 15.9 Å². The highest BCUT2D eigenvalue weighted by Crippen LogP contribution is 2.32. The lowest BCUT2D eigenvalue weighted by Gasteiger charge is -2.29. The molecule has 2 nitrogen and oxygen atoms in total. The smallest absolute Gasteiger partial charge is 0.166 e. The Balaban J connectivity index is 1.35. The molecule has 40 heavy (non-hydrogen) atoms. The predicted octanol–water partition coefficient (Wildman–Crippen LogP) is 10.4. The minimum atomic E-state index is -0.807. The van der Waals surface area contributed by atoms with Crippen LogP contribution >= 0.6 is 0 Å². The second-order valence-corrected chi connectivity index (χ2v) is 11.0. The van der Waals surface area contributed by atoms with Crippen molar-refractivity contribution in [2.75, 3.05) is 13.2 Å². The van der Waals surface area contributed by atoms with E-state index in [-0.39, 0.29) is 23.6 Å². The van der Waals surface area contributed by atoms with Crippen LogP contribution < -0.4 is 0 Å². The summed E-state index contributed by atoms with van der Waals surface area (Å²) in [5.74, 6) is -1.99. The standard InChI is InChI=1S/C35H43F3O2/c1-3-5-6-7-8-9-10-11-13-27-18-21-31(35(38)34(27)37)26-16-14-25(15-17-26)28-19-20-30(32(36)22-28)29-23-39-33(12-4-2)40-24-29/h14-22,29,33H,3-13,23-24H2,1-2H3. The van der Waals surface area contributed by atoms with E-state index in [4.69, 9.17) is 9.47 Å². The van der Waals surface area contributed by atoms with Crippen molar-refractivity contribution < 1.29 is 22.6 Å². The maximum atomic E-state index is 15.0. The van der Waals surface area contributed by atoms with Gasteiger partial charge in [-0.05, 0) is 53.1 Å². The van der Waals surface area contributed by atoms with Crippen LogP contribution in [0.15, 0.2) is 54.6 Å². The molecule has 0 amide bonds. The summed E-state index contributed by atoms with van der Waals surface area (Å²) in [5, 5.41) is 0. The van der Waals surface area contributed by atoms with Crippen molar-refractivity contribution in [3.63, 3.8) is 0 Å². The van der Waals surface area contributed by atoms with Gasteiger partial charge in [0.15, 0.2) is 17.9 Å². The first-order chi connectivity index (χ1) is 19.5. The Bertz CT molecular complexity index is 1200. The second kappa shape index (κ2) is 15.4. The number of halogens is 3. The van der Waals surface area contributed by atoms with Crippen molar-refractivity contribution in [1.82, 2.24) is 0 Å². The summed E-state index contributed by atoms with van der Waals surface area (Å²) in [7, 11) is 0. The highest BCUT2D eigenvalue weighted by atomic mass is 19.2. The van der Waals surface area contributed by atoms with Gasteiger partial charge in [0.05, 0.1) is 13.2 Å². The van der Waals surface area contributed by atoms with Crippen LogP contribution in [-0.4, -0.2) is 19.5 Å². The van der Waals surface area contributed by atoms with Gasteiger partial charge in [-0.2, -0.15) is 0 Å². The van der Waals surface area contributed by atoms with Crippen LogP contribution in [0.1, 0.15) is 95.1 Å². The van der Waals surface area contributed by atoms with Crippen molar-refractivity contribution in [3.8, 4) is 22.3 Å². The van der Waals surface area contributed by atoms with Gasteiger partial charge in [-0.25, -0.2) is 13.2 Å². The Hall–Kier alpha value is -2.63. The fraction of sp³-hybridized carbons (Fsp3) is 0.486. The van der Waals surface area contributed by atoms with Crippen molar-refractivity contribution in [3.05, 3.63) is 83.2 Å². The third-order valence-corrected chi connectivity index (χ3v) is 7.92. The lowest BCUT2D eigenvalue weighted by Crippen LogP contribution is -2.31.